The second-order valence-electron chi connectivity index (χ2n) is 7.62. The maximum Gasteiger partial charge on any atom is 0.349 e. The Morgan fingerprint density at radius 1 is 0.968 bits per heavy atom. The van der Waals surface area contributed by atoms with Gasteiger partial charge >= 0.3 is 5.97 Å². The van der Waals surface area contributed by atoms with Gasteiger partial charge in [-0.15, -0.1) is 0 Å². The van der Waals surface area contributed by atoms with Gasteiger partial charge in [0.15, 0.2) is 5.60 Å². The average Bonchev–Trinajstić information content (AvgIpc) is 2.79. The number of hydrogen-bond acceptors (Lipinski definition) is 5. The van der Waals surface area contributed by atoms with E-state index in [0.717, 1.165) is 5.56 Å². The molecule has 5 nitrogen and oxygen atoms in total. The zero-order valence-corrected chi connectivity index (χ0v) is 18.1. The van der Waals surface area contributed by atoms with Crippen molar-refractivity contribution in [2.75, 3.05) is 6.61 Å². The van der Waals surface area contributed by atoms with E-state index in [1.54, 1.807) is 39.0 Å². The first-order valence-electron chi connectivity index (χ1n) is 10.3. The lowest BCUT2D eigenvalue weighted by Gasteiger charge is -2.27. The van der Waals surface area contributed by atoms with Crippen LogP contribution in [0.4, 0.5) is 0 Å². The van der Waals surface area contributed by atoms with Crippen LogP contribution in [0.3, 0.4) is 0 Å². The number of benzene rings is 3. The first-order chi connectivity index (χ1) is 14.9. The summed E-state index contributed by atoms with van der Waals surface area (Å²) in [5.74, 6) is 0.510. The summed E-state index contributed by atoms with van der Waals surface area (Å²) >= 11 is 0. The lowest BCUT2D eigenvalue weighted by Crippen LogP contribution is -2.40. The molecule has 0 aliphatic carbocycles. The van der Waals surface area contributed by atoms with Gasteiger partial charge < -0.3 is 19.3 Å². The largest absolute Gasteiger partial charge is 0.489 e. The molecule has 0 aliphatic rings. The molecule has 0 amide bonds. The lowest BCUT2D eigenvalue weighted by atomic mass is 10.00. The first-order valence-corrected chi connectivity index (χ1v) is 10.3. The van der Waals surface area contributed by atoms with Gasteiger partial charge in [-0.1, -0.05) is 60.7 Å². The van der Waals surface area contributed by atoms with E-state index in [1.807, 2.05) is 60.7 Å². The van der Waals surface area contributed by atoms with Crippen LogP contribution in [-0.4, -0.2) is 23.3 Å². The van der Waals surface area contributed by atoms with E-state index in [9.17, 15) is 9.90 Å². The molecule has 3 aromatic carbocycles. The number of esters is 1. The molecule has 3 aromatic rings. The highest BCUT2D eigenvalue weighted by atomic mass is 16.6. The van der Waals surface area contributed by atoms with E-state index >= 15 is 0 Å². The molecule has 0 aromatic heterocycles. The lowest BCUT2D eigenvalue weighted by molar-refractivity contribution is -0.158. The van der Waals surface area contributed by atoms with Crippen LogP contribution >= 0.6 is 0 Å². The van der Waals surface area contributed by atoms with E-state index in [0.29, 0.717) is 29.2 Å². The standard InChI is InChI=1S/C26H28O5/c1-4-29-25(28)26(2,3)31-23-16-15-21(30-18-19-11-7-5-8-12-19)17-22(23)24(27)20-13-9-6-10-14-20/h5-17,24,27H,4,18H2,1-3H3. The van der Waals surface area contributed by atoms with Crippen LogP contribution < -0.4 is 9.47 Å². The van der Waals surface area contributed by atoms with Crippen molar-refractivity contribution in [1.82, 2.24) is 0 Å². The van der Waals surface area contributed by atoms with E-state index in [4.69, 9.17) is 14.2 Å². The summed E-state index contributed by atoms with van der Waals surface area (Å²) in [6, 6.07) is 24.3. The third-order valence-electron chi connectivity index (χ3n) is 4.77. The van der Waals surface area contributed by atoms with Crippen LogP contribution in [0.2, 0.25) is 0 Å². The van der Waals surface area contributed by atoms with Crippen molar-refractivity contribution in [3.63, 3.8) is 0 Å². The summed E-state index contributed by atoms with van der Waals surface area (Å²) in [4.78, 5) is 12.3. The Bertz CT molecular complexity index is 983. The second-order valence-corrected chi connectivity index (χ2v) is 7.62. The van der Waals surface area contributed by atoms with Gasteiger partial charge in [0.05, 0.1) is 6.61 Å². The molecule has 3 rings (SSSR count). The second kappa shape index (κ2) is 10.1. The van der Waals surface area contributed by atoms with Crippen molar-refractivity contribution in [3.8, 4) is 11.5 Å². The molecule has 0 fully saturated rings. The maximum atomic E-state index is 12.3. The monoisotopic (exact) mass is 420 g/mol. The van der Waals surface area contributed by atoms with Gasteiger partial charge in [0, 0.05) is 5.56 Å². The fourth-order valence-electron chi connectivity index (χ4n) is 3.10. The van der Waals surface area contributed by atoms with Crippen LogP contribution in [-0.2, 0) is 16.1 Å². The van der Waals surface area contributed by atoms with Gasteiger partial charge in [-0.05, 0) is 50.1 Å². The van der Waals surface area contributed by atoms with Crippen molar-refractivity contribution in [2.45, 2.75) is 39.1 Å². The number of carbonyl (C=O) groups is 1. The fourth-order valence-corrected chi connectivity index (χ4v) is 3.10. The Balaban J connectivity index is 1.90. The van der Waals surface area contributed by atoms with Crippen molar-refractivity contribution >= 4 is 5.97 Å². The molecule has 162 valence electrons. The van der Waals surface area contributed by atoms with Crippen LogP contribution in [0.5, 0.6) is 11.5 Å². The summed E-state index contributed by atoms with van der Waals surface area (Å²) in [7, 11) is 0. The van der Waals surface area contributed by atoms with Crippen LogP contribution in [0.1, 0.15) is 43.6 Å². The molecule has 31 heavy (non-hydrogen) atoms. The minimum absolute atomic E-state index is 0.261. The van der Waals surface area contributed by atoms with E-state index in [-0.39, 0.29) is 6.61 Å². The third-order valence-corrected chi connectivity index (χ3v) is 4.77. The Hall–Kier alpha value is -3.31. The average molecular weight is 421 g/mol. The molecule has 0 radical (unpaired) electrons. The number of hydrogen-bond donors (Lipinski definition) is 1. The molecular weight excluding hydrogens is 392 g/mol. The van der Waals surface area contributed by atoms with Gasteiger partial charge in [0.2, 0.25) is 0 Å². The summed E-state index contributed by atoms with van der Waals surface area (Å²) < 4.78 is 17.1. The quantitative estimate of drug-likeness (QED) is 0.490. The van der Waals surface area contributed by atoms with Crippen molar-refractivity contribution < 1.29 is 24.1 Å². The van der Waals surface area contributed by atoms with E-state index < -0.39 is 17.7 Å². The van der Waals surface area contributed by atoms with Gasteiger partial charge in [0.1, 0.15) is 24.2 Å². The molecule has 5 heteroatoms. The molecule has 0 saturated heterocycles. The van der Waals surface area contributed by atoms with Crippen LogP contribution in [0.25, 0.3) is 0 Å². The predicted octanol–water partition coefficient (Wildman–Crippen LogP) is 5.07. The molecule has 0 heterocycles. The molecule has 1 N–H and O–H groups in total. The number of aliphatic hydroxyl groups is 1. The molecule has 0 aliphatic heterocycles. The third kappa shape index (κ3) is 5.86. The number of aliphatic hydroxyl groups excluding tert-OH is 1. The Morgan fingerprint density at radius 2 is 1.61 bits per heavy atom. The SMILES string of the molecule is CCOC(=O)C(C)(C)Oc1ccc(OCc2ccccc2)cc1C(O)c1ccccc1. The summed E-state index contributed by atoms with van der Waals surface area (Å²) in [6.45, 7) is 5.69. The number of rotatable bonds is 9. The van der Waals surface area contributed by atoms with Crippen LogP contribution in [0, 0.1) is 0 Å². The molecule has 1 atom stereocenters. The summed E-state index contributed by atoms with van der Waals surface area (Å²) in [5.41, 5.74) is 1.04. The summed E-state index contributed by atoms with van der Waals surface area (Å²) in [5, 5.41) is 11.1. The highest BCUT2D eigenvalue weighted by Gasteiger charge is 2.33. The van der Waals surface area contributed by atoms with Gasteiger partial charge in [-0.2, -0.15) is 0 Å². The van der Waals surface area contributed by atoms with Gasteiger partial charge in [-0.25, -0.2) is 4.79 Å². The predicted molar refractivity (Wildman–Crippen MR) is 119 cm³/mol. The first kappa shape index (κ1) is 22.4. The molecular formula is C26H28O5. The van der Waals surface area contributed by atoms with Gasteiger partial charge in [0.25, 0.3) is 0 Å². The number of carbonyl (C=O) groups excluding carboxylic acids is 1. The Morgan fingerprint density at radius 3 is 2.26 bits per heavy atom. The molecule has 1 unspecified atom stereocenters. The Labute approximate surface area is 183 Å². The van der Waals surface area contributed by atoms with Crippen molar-refractivity contribution in [3.05, 3.63) is 95.6 Å². The normalized spacial score (nSPS) is 12.1. The maximum absolute atomic E-state index is 12.3. The molecule has 0 spiro atoms. The van der Waals surface area contributed by atoms with Crippen molar-refractivity contribution in [2.24, 2.45) is 0 Å². The zero-order chi connectivity index (χ0) is 22.3. The molecule has 0 bridgehead atoms. The topological polar surface area (TPSA) is 65.0 Å². The minimum atomic E-state index is -1.21. The van der Waals surface area contributed by atoms with E-state index in [1.165, 1.54) is 0 Å². The Kier molecular flexibility index (Phi) is 7.32. The van der Waals surface area contributed by atoms with Crippen molar-refractivity contribution in [1.29, 1.82) is 0 Å². The van der Waals surface area contributed by atoms with Crippen LogP contribution in [0.15, 0.2) is 78.9 Å². The highest BCUT2D eigenvalue weighted by molar-refractivity contribution is 5.79. The number of ether oxygens (including phenoxy) is 3. The fraction of sp³-hybridized carbons (Fsp3) is 0.269. The smallest absolute Gasteiger partial charge is 0.349 e. The van der Waals surface area contributed by atoms with Gasteiger partial charge in [-0.3, -0.25) is 0 Å². The zero-order valence-electron chi connectivity index (χ0n) is 18.1. The summed E-state index contributed by atoms with van der Waals surface area (Å²) in [6.07, 6.45) is -0.950. The minimum Gasteiger partial charge on any atom is -0.489 e. The molecule has 0 saturated carbocycles. The van der Waals surface area contributed by atoms with E-state index in [2.05, 4.69) is 0 Å². The highest BCUT2D eigenvalue weighted by Crippen LogP contribution is 2.35.